The van der Waals surface area contributed by atoms with E-state index in [1.807, 2.05) is 18.2 Å². The van der Waals surface area contributed by atoms with Crippen LogP contribution in [0.1, 0.15) is 126 Å². The van der Waals surface area contributed by atoms with Gasteiger partial charge in [0.1, 0.15) is 5.75 Å². The van der Waals surface area contributed by atoms with Gasteiger partial charge >= 0.3 is 0 Å². The molecule has 0 atom stereocenters. The van der Waals surface area contributed by atoms with Crippen LogP contribution in [-0.4, -0.2) is 12.5 Å². The van der Waals surface area contributed by atoms with Gasteiger partial charge in [0.05, 0.1) is 24.1 Å². The van der Waals surface area contributed by atoms with Crippen molar-refractivity contribution in [3.8, 4) is 5.75 Å². The molecule has 3 rings (SSSR count). The Morgan fingerprint density at radius 2 is 1.51 bits per heavy atom. The predicted octanol–water partition coefficient (Wildman–Crippen LogP) is 6.95. The van der Waals surface area contributed by atoms with Crippen LogP contribution < -0.4 is 31.6 Å². The molecular weight excluding hydrogens is 616 g/mol. The molecule has 0 fully saturated rings. The maximum absolute atomic E-state index is 13.1. The Balaban J connectivity index is 0.00000645. The third-order valence-corrected chi connectivity index (χ3v) is 8.82. The number of aryl methyl sites for hydroxylation is 1. The van der Waals surface area contributed by atoms with Crippen LogP contribution in [0.3, 0.4) is 0 Å². The zero-order valence-corrected chi connectivity index (χ0v) is 29.8. The lowest BCUT2D eigenvalue weighted by Crippen LogP contribution is -3.00. The molecule has 43 heavy (non-hydrogen) atoms. The number of benzene rings is 2. The molecule has 4 nitrogen and oxygen atoms in total. The number of thiazole rings is 1. The minimum absolute atomic E-state index is 0. The first-order chi connectivity index (χ1) is 20.3. The highest BCUT2D eigenvalue weighted by atomic mass is 79.9. The minimum Gasteiger partial charge on any atom is -1.00 e. The summed E-state index contributed by atoms with van der Waals surface area (Å²) in [4.78, 5) is 13.1. The Morgan fingerprint density at radius 3 is 2.12 bits per heavy atom. The van der Waals surface area contributed by atoms with Gasteiger partial charge in [0.15, 0.2) is 12.7 Å². The number of halogens is 1. The lowest BCUT2D eigenvalue weighted by atomic mass is 9.85. The molecule has 0 aliphatic rings. The lowest BCUT2D eigenvalue weighted by molar-refractivity contribution is -0.689. The SMILES string of the molecule is CCCCCCCCCCCCCCOc1cc(CC(=O)Nc2ccccc2C[n+]2ccsc2C)ccc1C(C)(C)C.[Br-]. The normalized spacial score (nSPS) is 11.3. The molecule has 0 radical (unpaired) electrons. The van der Waals surface area contributed by atoms with Crippen LogP contribution in [0, 0.1) is 6.92 Å². The molecule has 0 aliphatic heterocycles. The average Bonchev–Trinajstić information content (AvgIpc) is 3.35. The molecule has 0 saturated carbocycles. The number of nitrogens with one attached hydrogen (secondary N) is 1. The van der Waals surface area contributed by atoms with E-state index < -0.39 is 0 Å². The molecule has 0 aliphatic carbocycles. The molecule has 1 amide bonds. The number of aromatic nitrogens is 1. The second-order valence-electron chi connectivity index (χ2n) is 12.8. The van der Waals surface area contributed by atoms with Crippen molar-refractivity contribution in [1.82, 2.24) is 0 Å². The summed E-state index contributed by atoms with van der Waals surface area (Å²) in [5.74, 6) is 0.908. The monoisotopic (exact) mass is 670 g/mol. The molecule has 6 heteroatoms. The van der Waals surface area contributed by atoms with Gasteiger partial charge in [0, 0.05) is 12.5 Å². The van der Waals surface area contributed by atoms with Gasteiger partial charge in [-0.05, 0) is 35.1 Å². The average molecular weight is 672 g/mol. The van der Waals surface area contributed by atoms with Gasteiger partial charge in [-0.1, -0.05) is 140 Å². The van der Waals surface area contributed by atoms with Crippen molar-refractivity contribution < 1.29 is 31.1 Å². The van der Waals surface area contributed by atoms with E-state index in [0.717, 1.165) is 42.1 Å². The molecule has 0 spiro atoms. The number of unbranched alkanes of at least 4 members (excludes halogenated alkanes) is 11. The Hall–Kier alpha value is -2.18. The molecule has 238 valence electrons. The number of rotatable bonds is 19. The number of carbonyl (C=O) groups is 1. The number of para-hydroxylation sites is 1. The Kier molecular flexibility index (Phi) is 17.2. The van der Waals surface area contributed by atoms with Gasteiger partial charge in [-0.3, -0.25) is 4.79 Å². The topological polar surface area (TPSA) is 42.2 Å². The number of ether oxygens (including phenoxy) is 1. The summed E-state index contributed by atoms with van der Waals surface area (Å²) < 4.78 is 8.56. The summed E-state index contributed by atoms with van der Waals surface area (Å²) in [6, 6.07) is 14.4. The third-order valence-electron chi connectivity index (χ3n) is 7.99. The minimum atomic E-state index is -0.0247. The van der Waals surface area contributed by atoms with E-state index in [0.29, 0.717) is 6.42 Å². The van der Waals surface area contributed by atoms with Crippen LogP contribution in [0.2, 0.25) is 0 Å². The molecule has 3 aromatic rings. The highest BCUT2D eigenvalue weighted by molar-refractivity contribution is 7.09. The zero-order valence-electron chi connectivity index (χ0n) is 27.4. The van der Waals surface area contributed by atoms with Crippen LogP contribution >= 0.6 is 11.3 Å². The van der Waals surface area contributed by atoms with Crippen LogP contribution in [0.5, 0.6) is 5.75 Å². The van der Waals surface area contributed by atoms with E-state index >= 15 is 0 Å². The van der Waals surface area contributed by atoms with Crippen molar-refractivity contribution >= 4 is 22.9 Å². The van der Waals surface area contributed by atoms with E-state index in [1.165, 1.54) is 81.2 Å². The highest BCUT2D eigenvalue weighted by Crippen LogP contribution is 2.32. The second-order valence-corrected chi connectivity index (χ2v) is 13.8. The molecule has 1 aromatic heterocycles. The molecular formula is C37H55BrN2O2S. The first kappa shape index (κ1) is 37.0. The summed E-state index contributed by atoms with van der Waals surface area (Å²) in [7, 11) is 0. The fourth-order valence-corrected chi connectivity index (χ4v) is 6.09. The first-order valence-corrected chi connectivity index (χ1v) is 17.2. The van der Waals surface area contributed by atoms with Crippen LogP contribution in [0.4, 0.5) is 5.69 Å². The second kappa shape index (κ2) is 20.0. The van der Waals surface area contributed by atoms with Gasteiger partial charge in [0.2, 0.25) is 10.9 Å². The zero-order chi connectivity index (χ0) is 30.2. The van der Waals surface area contributed by atoms with Crippen LogP contribution in [0.25, 0.3) is 0 Å². The standard InChI is InChI=1S/C37H54N2O2S.BrH/c1-6-7-8-9-10-11-12-13-14-15-16-19-25-41-35-27-31(22-23-33(35)37(3,4)5)28-36(40)38-34-21-18-17-20-32(34)29-39-24-26-42-30(39)2;/h17-18,20-24,26-27H,6-16,19,25,28-29H2,1-5H3;1H. The quantitative estimate of drug-likeness (QED) is 0.111. The smallest absolute Gasteiger partial charge is 0.234 e. The van der Waals surface area contributed by atoms with Crippen molar-refractivity contribution in [1.29, 1.82) is 0 Å². The van der Waals surface area contributed by atoms with Gasteiger partial charge in [-0.25, -0.2) is 0 Å². The van der Waals surface area contributed by atoms with Gasteiger partial charge in [-0.2, -0.15) is 4.57 Å². The van der Waals surface area contributed by atoms with Crippen molar-refractivity contribution in [3.63, 3.8) is 0 Å². The Bertz CT molecular complexity index is 1220. The predicted molar refractivity (Wildman–Crippen MR) is 179 cm³/mol. The maximum Gasteiger partial charge on any atom is 0.234 e. The summed E-state index contributed by atoms with van der Waals surface area (Å²) in [6.45, 7) is 12.5. The Morgan fingerprint density at radius 1 is 0.884 bits per heavy atom. The molecule has 0 unspecified atom stereocenters. The molecule has 1 N–H and O–H groups in total. The molecule has 2 aromatic carbocycles. The van der Waals surface area contributed by atoms with Gasteiger partial charge < -0.3 is 27.0 Å². The number of nitrogens with zero attached hydrogens (tertiary/aromatic N) is 1. The molecule has 1 heterocycles. The Labute approximate surface area is 276 Å². The number of carbonyl (C=O) groups excluding carboxylic acids is 1. The van der Waals surface area contributed by atoms with E-state index in [2.05, 4.69) is 80.3 Å². The molecule has 0 bridgehead atoms. The number of amides is 1. The first-order valence-electron chi connectivity index (χ1n) is 16.4. The van der Waals surface area contributed by atoms with E-state index in [4.69, 9.17) is 4.74 Å². The fourth-order valence-electron chi connectivity index (χ4n) is 5.42. The lowest BCUT2D eigenvalue weighted by Gasteiger charge is -2.23. The third kappa shape index (κ3) is 13.6. The molecule has 0 saturated heterocycles. The number of hydrogen-bond donors (Lipinski definition) is 1. The van der Waals surface area contributed by atoms with Gasteiger partial charge in [0.25, 0.3) is 0 Å². The van der Waals surface area contributed by atoms with E-state index in [1.54, 1.807) is 11.3 Å². The van der Waals surface area contributed by atoms with Gasteiger partial charge in [-0.15, -0.1) is 0 Å². The number of anilines is 1. The summed E-state index contributed by atoms with van der Waals surface area (Å²) in [5, 5.41) is 6.50. The summed E-state index contributed by atoms with van der Waals surface area (Å²) >= 11 is 1.73. The maximum atomic E-state index is 13.1. The highest BCUT2D eigenvalue weighted by Gasteiger charge is 2.20. The number of hydrogen-bond acceptors (Lipinski definition) is 3. The van der Waals surface area contributed by atoms with Crippen LogP contribution in [0.15, 0.2) is 54.0 Å². The summed E-state index contributed by atoms with van der Waals surface area (Å²) in [6.07, 6.45) is 18.4. The van der Waals surface area contributed by atoms with Crippen molar-refractivity contribution in [2.75, 3.05) is 11.9 Å². The fraction of sp³-hybridized carbons (Fsp3) is 0.568. The van der Waals surface area contributed by atoms with Crippen molar-refractivity contribution in [3.05, 3.63) is 75.7 Å². The summed E-state index contributed by atoms with van der Waals surface area (Å²) in [5.41, 5.74) is 4.12. The largest absolute Gasteiger partial charge is 1.00 e. The van der Waals surface area contributed by atoms with Crippen molar-refractivity contribution in [2.24, 2.45) is 0 Å². The van der Waals surface area contributed by atoms with E-state index in [9.17, 15) is 4.79 Å². The van der Waals surface area contributed by atoms with Crippen molar-refractivity contribution in [2.45, 2.75) is 130 Å². The van der Waals surface area contributed by atoms with E-state index in [-0.39, 0.29) is 28.3 Å². The van der Waals surface area contributed by atoms with Crippen LogP contribution in [-0.2, 0) is 23.2 Å².